The number of amides is 1. The number of aromatic nitrogens is 3. The molecule has 0 fully saturated rings. The third-order valence-corrected chi connectivity index (χ3v) is 5.53. The Balaban J connectivity index is 1.29. The van der Waals surface area contributed by atoms with Gasteiger partial charge in [0, 0.05) is 22.3 Å². The summed E-state index contributed by atoms with van der Waals surface area (Å²) >= 11 is 6.22. The summed E-state index contributed by atoms with van der Waals surface area (Å²) in [6.07, 6.45) is 3.07. The number of carbonyl (C=O) groups is 1. The van der Waals surface area contributed by atoms with Crippen molar-refractivity contribution in [2.45, 2.75) is 6.92 Å². The van der Waals surface area contributed by atoms with Crippen molar-refractivity contribution in [3.63, 3.8) is 0 Å². The quantitative estimate of drug-likeness (QED) is 0.316. The van der Waals surface area contributed by atoms with Crippen molar-refractivity contribution in [1.29, 1.82) is 0 Å². The lowest BCUT2D eigenvalue weighted by molar-refractivity contribution is -0.111. The highest BCUT2D eigenvalue weighted by atomic mass is 35.5. The lowest BCUT2D eigenvalue weighted by atomic mass is 10.2. The molecule has 6 nitrogen and oxygen atoms in total. The van der Waals surface area contributed by atoms with Gasteiger partial charge < -0.3 is 9.73 Å². The summed E-state index contributed by atoms with van der Waals surface area (Å²) in [5.41, 5.74) is 4.73. The fourth-order valence-corrected chi connectivity index (χ4v) is 3.53. The maximum Gasteiger partial charge on any atom is 0.248 e. The minimum Gasteiger partial charge on any atom is -0.457 e. The standard InChI is InChI=1S/C26H19ClN4O2/c1-17-7-9-20(16-22(17)27)31-29-23-12-8-19(15-24(23)30-31)28-26(32)14-11-21-10-13-25(33-21)18-5-3-2-4-6-18/h2-16H,1H3,(H,28,32)/b14-11+. The van der Waals surface area contributed by atoms with Gasteiger partial charge in [-0.05, 0) is 61.0 Å². The summed E-state index contributed by atoms with van der Waals surface area (Å²) < 4.78 is 5.79. The number of nitrogens with one attached hydrogen (secondary N) is 1. The van der Waals surface area contributed by atoms with E-state index in [0.29, 0.717) is 27.5 Å². The molecular formula is C26H19ClN4O2. The van der Waals surface area contributed by atoms with Gasteiger partial charge in [0.1, 0.15) is 22.6 Å². The van der Waals surface area contributed by atoms with E-state index in [4.69, 9.17) is 16.0 Å². The normalized spacial score (nSPS) is 11.3. The summed E-state index contributed by atoms with van der Waals surface area (Å²) in [7, 11) is 0. The molecule has 0 saturated carbocycles. The Bertz CT molecular complexity index is 1490. The molecule has 2 heterocycles. The number of nitrogens with zero attached hydrogens (tertiary/aromatic N) is 3. The van der Waals surface area contributed by atoms with Crippen molar-refractivity contribution in [2.75, 3.05) is 5.32 Å². The highest BCUT2D eigenvalue weighted by Crippen LogP contribution is 2.23. The predicted molar refractivity (Wildman–Crippen MR) is 130 cm³/mol. The van der Waals surface area contributed by atoms with Crippen LogP contribution in [-0.4, -0.2) is 20.9 Å². The summed E-state index contributed by atoms with van der Waals surface area (Å²) in [6, 6.07) is 24.5. The number of halogens is 1. The van der Waals surface area contributed by atoms with E-state index >= 15 is 0 Å². The monoisotopic (exact) mass is 454 g/mol. The van der Waals surface area contributed by atoms with Crippen LogP contribution in [0, 0.1) is 6.92 Å². The fraction of sp³-hybridized carbons (Fsp3) is 0.0385. The third kappa shape index (κ3) is 4.56. The topological polar surface area (TPSA) is 73.0 Å². The van der Waals surface area contributed by atoms with Gasteiger partial charge in [0.15, 0.2) is 0 Å². The van der Waals surface area contributed by atoms with Gasteiger partial charge in [-0.1, -0.05) is 48.0 Å². The molecule has 7 heteroatoms. The minimum atomic E-state index is -0.273. The maximum atomic E-state index is 12.4. The van der Waals surface area contributed by atoms with Crippen molar-refractivity contribution in [1.82, 2.24) is 15.0 Å². The van der Waals surface area contributed by atoms with E-state index in [9.17, 15) is 4.79 Å². The van der Waals surface area contributed by atoms with Crippen LogP contribution in [0.2, 0.25) is 5.02 Å². The molecule has 1 N–H and O–H groups in total. The van der Waals surface area contributed by atoms with Crippen molar-refractivity contribution >= 4 is 40.3 Å². The molecule has 0 aliphatic rings. The van der Waals surface area contributed by atoms with E-state index in [-0.39, 0.29) is 5.91 Å². The van der Waals surface area contributed by atoms with Crippen molar-refractivity contribution in [2.24, 2.45) is 0 Å². The summed E-state index contributed by atoms with van der Waals surface area (Å²) in [5.74, 6) is 1.07. The van der Waals surface area contributed by atoms with Crippen LogP contribution < -0.4 is 5.32 Å². The van der Waals surface area contributed by atoms with Crippen molar-refractivity contribution < 1.29 is 9.21 Å². The molecule has 3 aromatic carbocycles. The van der Waals surface area contributed by atoms with Gasteiger partial charge in [0.25, 0.3) is 0 Å². The Morgan fingerprint density at radius 2 is 1.79 bits per heavy atom. The van der Waals surface area contributed by atoms with E-state index in [0.717, 1.165) is 22.6 Å². The van der Waals surface area contributed by atoms with Gasteiger partial charge in [-0.2, -0.15) is 4.80 Å². The van der Waals surface area contributed by atoms with E-state index in [1.165, 1.54) is 10.9 Å². The molecule has 33 heavy (non-hydrogen) atoms. The number of benzene rings is 3. The first kappa shape index (κ1) is 20.7. The van der Waals surface area contributed by atoms with E-state index in [2.05, 4.69) is 15.5 Å². The Hall–Kier alpha value is -4.16. The lowest BCUT2D eigenvalue weighted by Crippen LogP contribution is -2.07. The van der Waals surface area contributed by atoms with Crippen LogP contribution in [0.4, 0.5) is 5.69 Å². The highest BCUT2D eigenvalue weighted by Gasteiger charge is 2.08. The number of carbonyl (C=O) groups excluding carboxylic acids is 1. The smallest absolute Gasteiger partial charge is 0.248 e. The molecule has 0 radical (unpaired) electrons. The fourth-order valence-electron chi connectivity index (χ4n) is 3.36. The zero-order valence-corrected chi connectivity index (χ0v) is 18.5. The first-order valence-corrected chi connectivity index (χ1v) is 10.7. The first-order chi connectivity index (χ1) is 16.0. The predicted octanol–water partition coefficient (Wildman–Crippen LogP) is 6.29. The van der Waals surface area contributed by atoms with Gasteiger partial charge in [-0.25, -0.2) is 0 Å². The second kappa shape index (κ2) is 8.76. The Kier molecular flexibility index (Phi) is 5.50. The number of anilines is 1. The zero-order valence-electron chi connectivity index (χ0n) is 17.7. The second-order valence-corrected chi connectivity index (χ2v) is 7.92. The van der Waals surface area contributed by atoms with Gasteiger partial charge in [0.2, 0.25) is 5.91 Å². The molecule has 0 bridgehead atoms. The number of rotatable bonds is 5. The largest absolute Gasteiger partial charge is 0.457 e. The number of hydrogen-bond donors (Lipinski definition) is 1. The molecular weight excluding hydrogens is 436 g/mol. The number of aryl methyl sites for hydroxylation is 1. The van der Waals surface area contributed by atoms with Crippen LogP contribution in [0.15, 0.2) is 89.4 Å². The van der Waals surface area contributed by atoms with E-state index < -0.39 is 0 Å². The van der Waals surface area contributed by atoms with Gasteiger partial charge >= 0.3 is 0 Å². The van der Waals surface area contributed by atoms with Crippen LogP contribution >= 0.6 is 11.6 Å². The summed E-state index contributed by atoms with van der Waals surface area (Å²) in [6.45, 7) is 1.94. The zero-order chi connectivity index (χ0) is 22.8. The molecule has 2 aromatic heterocycles. The van der Waals surface area contributed by atoms with Gasteiger partial charge in [0.05, 0.1) is 5.69 Å². The molecule has 0 unspecified atom stereocenters. The Labute approximate surface area is 195 Å². The average Bonchev–Trinajstić information content (AvgIpc) is 3.47. The van der Waals surface area contributed by atoms with Crippen molar-refractivity contribution in [3.05, 3.63) is 101 Å². The second-order valence-electron chi connectivity index (χ2n) is 7.52. The van der Waals surface area contributed by atoms with Crippen LogP contribution in [0.5, 0.6) is 0 Å². The van der Waals surface area contributed by atoms with Crippen LogP contribution in [-0.2, 0) is 4.79 Å². The molecule has 0 spiro atoms. The SMILES string of the molecule is Cc1ccc(-n2nc3ccc(NC(=O)/C=C/c4ccc(-c5ccccc5)o4)cc3n2)cc1Cl. The maximum absolute atomic E-state index is 12.4. The summed E-state index contributed by atoms with van der Waals surface area (Å²) in [4.78, 5) is 13.9. The molecule has 0 atom stereocenters. The lowest BCUT2D eigenvalue weighted by Gasteiger charge is -2.01. The number of hydrogen-bond acceptors (Lipinski definition) is 4. The average molecular weight is 455 g/mol. The molecule has 162 valence electrons. The van der Waals surface area contributed by atoms with Crippen LogP contribution in [0.3, 0.4) is 0 Å². The minimum absolute atomic E-state index is 0.273. The van der Waals surface area contributed by atoms with E-state index in [1.54, 1.807) is 18.2 Å². The van der Waals surface area contributed by atoms with Crippen LogP contribution in [0.1, 0.15) is 11.3 Å². The highest BCUT2D eigenvalue weighted by molar-refractivity contribution is 6.31. The molecule has 5 aromatic rings. The molecule has 1 amide bonds. The van der Waals surface area contributed by atoms with Gasteiger partial charge in [-0.15, -0.1) is 10.2 Å². The van der Waals surface area contributed by atoms with E-state index in [1.807, 2.05) is 73.7 Å². The van der Waals surface area contributed by atoms with Crippen molar-refractivity contribution in [3.8, 4) is 17.0 Å². The van der Waals surface area contributed by atoms with Gasteiger partial charge in [-0.3, -0.25) is 4.79 Å². The number of fused-ring (bicyclic) bond motifs is 1. The molecule has 0 saturated heterocycles. The molecule has 0 aliphatic carbocycles. The molecule has 0 aliphatic heterocycles. The molecule has 5 rings (SSSR count). The van der Waals surface area contributed by atoms with Crippen LogP contribution in [0.25, 0.3) is 34.1 Å². The third-order valence-electron chi connectivity index (χ3n) is 5.12. The summed E-state index contributed by atoms with van der Waals surface area (Å²) in [5, 5.41) is 12.5. The Morgan fingerprint density at radius 3 is 2.61 bits per heavy atom. The number of furan rings is 1. The first-order valence-electron chi connectivity index (χ1n) is 10.3. The Morgan fingerprint density at radius 1 is 0.970 bits per heavy atom.